The molecule has 9 nitrogen and oxygen atoms in total. The molecule has 9 heteroatoms. The van der Waals surface area contributed by atoms with Gasteiger partial charge in [-0.1, -0.05) is 24.3 Å². The van der Waals surface area contributed by atoms with E-state index in [2.05, 4.69) is 5.32 Å². The zero-order chi connectivity index (χ0) is 23.4. The highest BCUT2D eigenvalue weighted by atomic mass is 16.6. The number of nitrogens with one attached hydrogen (secondary N) is 1. The standard InChI is InChI=1S/C24H29N5O4/c1-18-6-4-8-20(16-18)25-24(31)28-11-5-7-19(17-28)23(30)27-14-12-26(13-15-27)21-9-2-3-10-22(21)29(32)33/h2-4,6,8-10,16,19H,5,7,11-15,17H2,1H3,(H,25,31). The Morgan fingerprint density at radius 3 is 2.48 bits per heavy atom. The number of hydrogen-bond donors (Lipinski definition) is 1. The van der Waals surface area contributed by atoms with E-state index in [0.29, 0.717) is 45.0 Å². The number of nitro benzene ring substituents is 1. The first-order valence-electron chi connectivity index (χ1n) is 11.3. The Bertz CT molecular complexity index is 1040. The lowest BCUT2D eigenvalue weighted by atomic mass is 9.96. The Hall–Kier alpha value is -3.62. The Morgan fingerprint density at radius 2 is 1.76 bits per heavy atom. The van der Waals surface area contributed by atoms with E-state index in [1.54, 1.807) is 23.1 Å². The van der Waals surface area contributed by atoms with Crippen LogP contribution in [-0.2, 0) is 4.79 Å². The molecule has 0 aliphatic carbocycles. The van der Waals surface area contributed by atoms with Crippen molar-refractivity contribution in [3.63, 3.8) is 0 Å². The lowest BCUT2D eigenvalue weighted by Crippen LogP contribution is -2.53. The van der Waals surface area contributed by atoms with Gasteiger partial charge < -0.3 is 20.0 Å². The van der Waals surface area contributed by atoms with Gasteiger partial charge in [0.25, 0.3) is 5.69 Å². The molecule has 2 aromatic rings. The molecule has 0 spiro atoms. The fourth-order valence-corrected chi connectivity index (χ4v) is 4.60. The molecule has 0 saturated carbocycles. The summed E-state index contributed by atoms with van der Waals surface area (Å²) in [4.78, 5) is 42.4. The van der Waals surface area contributed by atoms with E-state index in [9.17, 15) is 19.7 Å². The zero-order valence-corrected chi connectivity index (χ0v) is 18.8. The normalized spacial score (nSPS) is 18.7. The number of carbonyl (C=O) groups excluding carboxylic acids is 2. The molecule has 1 atom stereocenters. The molecule has 2 fully saturated rings. The minimum absolute atomic E-state index is 0.0604. The van der Waals surface area contributed by atoms with Crippen LogP contribution in [-0.4, -0.2) is 65.9 Å². The average Bonchev–Trinajstić information content (AvgIpc) is 2.84. The molecule has 0 bridgehead atoms. The Morgan fingerprint density at radius 1 is 1.00 bits per heavy atom. The molecular weight excluding hydrogens is 422 g/mol. The molecule has 1 unspecified atom stereocenters. The van der Waals surface area contributed by atoms with Crippen molar-refractivity contribution >= 4 is 29.0 Å². The number of hydrogen-bond acceptors (Lipinski definition) is 5. The van der Waals surface area contributed by atoms with Gasteiger partial charge in [-0.05, 0) is 43.5 Å². The number of anilines is 2. The van der Waals surface area contributed by atoms with Crippen molar-refractivity contribution in [1.29, 1.82) is 0 Å². The number of piperidine rings is 1. The summed E-state index contributed by atoms with van der Waals surface area (Å²) >= 11 is 0. The van der Waals surface area contributed by atoms with E-state index in [1.807, 2.05) is 41.0 Å². The second kappa shape index (κ2) is 9.89. The Labute approximate surface area is 193 Å². The SMILES string of the molecule is Cc1cccc(NC(=O)N2CCCC(C(=O)N3CCN(c4ccccc4[N+](=O)[O-])CC3)C2)c1. The molecule has 2 saturated heterocycles. The molecule has 0 aromatic heterocycles. The third-order valence-corrected chi connectivity index (χ3v) is 6.34. The van der Waals surface area contributed by atoms with Crippen LogP contribution >= 0.6 is 0 Å². The van der Waals surface area contributed by atoms with Crippen LogP contribution in [0.3, 0.4) is 0 Å². The van der Waals surface area contributed by atoms with Crippen LogP contribution in [0.5, 0.6) is 0 Å². The van der Waals surface area contributed by atoms with Crippen molar-refractivity contribution in [2.24, 2.45) is 5.92 Å². The molecule has 2 aliphatic rings. The van der Waals surface area contributed by atoms with Crippen LogP contribution in [0.1, 0.15) is 18.4 Å². The number of para-hydroxylation sites is 2. The second-order valence-corrected chi connectivity index (χ2v) is 8.64. The van der Waals surface area contributed by atoms with Crippen molar-refractivity contribution in [3.05, 3.63) is 64.2 Å². The molecule has 2 heterocycles. The van der Waals surface area contributed by atoms with E-state index >= 15 is 0 Å². The van der Waals surface area contributed by atoms with Gasteiger partial charge >= 0.3 is 6.03 Å². The highest BCUT2D eigenvalue weighted by molar-refractivity contribution is 5.90. The first-order chi connectivity index (χ1) is 15.9. The fraction of sp³-hybridized carbons (Fsp3) is 0.417. The van der Waals surface area contributed by atoms with Gasteiger partial charge in [-0.3, -0.25) is 14.9 Å². The van der Waals surface area contributed by atoms with Crippen LogP contribution < -0.4 is 10.2 Å². The van der Waals surface area contributed by atoms with Gasteiger partial charge in [0, 0.05) is 51.0 Å². The summed E-state index contributed by atoms with van der Waals surface area (Å²) in [6, 6.07) is 14.2. The lowest BCUT2D eigenvalue weighted by Gasteiger charge is -2.39. The molecular formula is C24H29N5O4. The number of carbonyl (C=O) groups is 2. The number of aryl methyl sites for hydroxylation is 1. The molecule has 1 N–H and O–H groups in total. The number of amides is 3. The van der Waals surface area contributed by atoms with Gasteiger partial charge in [0.1, 0.15) is 5.69 Å². The minimum atomic E-state index is -0.370. The van der Waals surface area contributed by atoms with Gasteiger partial charge in [0.05, 0.1) is 10.8 Å². The lowest BCUT2D eigenvalue weighted by molar-refractivity contribution is -0.384. The minimum Gasteiger partial charge on any atom is -0.362 e. The van der Waals surface area contributed by atoms with E-state index in [4.69, 9.17) is 0 Å². The zero-order valence-electron chi connectivity index (χ0n) is 18.8. The van der Waals surface area contributed by atoms with E-state index in [-0.39, 0.29) is 28.5 Å². The van der Waals surface area contributed by atoms with Crippen LogP contribution in [0.2, 0.25) is 0 Å². The monoisotopic (exact) mass is 451 g/mol. The third-order valence-electron chi connectivity index (χ3n) is 6.34. The van der Waals surface area contributed by atoms with Crippen LogP contribution in [0, 0.1) is 23.0 Å². The van der Waals surface area contributed by atoms with Crippen LogP contribution in [0.25, 0.3) is 0 Å². The Kier molecular flexibility index (Phi) is 6.76. The van der Waals surface area contributed by atoms with Crippen molar-refractivity contribution in [2.75, 3.05) is 49.5 Å². The van der Waals surface area contributed by atoms with Crippen LogP contribution in [0.4, 0.5) is 21.9 Å². The average molecular weight is 452 g/mol. The highest BCUT2D eigenvalue weighted by Crippen LogP contribution is 2.29. The first-order valence-corrected chi connectivity index (χ1v) is 11.3. The number of nitrogens with zero attached hydrogens (tertiary/aromatic N) is 4. The number of piperazine rings is 1. The molecule has 2 aromatic carbocycles. The van der Waals surface area contributed by atoms with Gasteiger partial charge in [-0.25, -0.2) is 4.79 Å². The smallest absolute Gasteiger partial charge is 0.321 e. The largest absolute Gasteiger partial charge is 0.362 e. The first kappa shape index (κ1) is 22.6. The van der Waals surface area contributed by atoms with Gasteiger partial charge in [0.15, 0.2) is 0 Å². The molecule has 2 aliphatic heterocycles. The number of likely N-dealkylation sites (tertiary alicyclic amines) is 1. The molecule has 3 amide bonds. The number of benzene rings is 2. The topological polar surface area (TPSA) is 99.0 Å². The quantitative estimate of drug-likeness (QED) is 0.567. The predicted octanol–water partition coefficient (Wildman–Crippen LogP) is 3.50. The van der Waals surface area contributed by atoms with Crippen molar-refractivity contribution in [1.82, 2.24) is 9.80 Å². The predicted molar refractivity (Wildman–Crippen MR) is 126 cm³/mol. The molecule has 33 heavy (non-hydrogen) atoms. The number of urea groups is 1. The van der Waals surface area contributed by atoms with Crippen molar-refractivity contribution in [2.45, 2.75) is 19.8 Å². The summed E-state index contributed by atoms with van der Waals surface area (Å²) in [7, 11) is 0. The number of rotatable bonds is 4. The Balaban J connectivity index is 1.33. The highest BCUT2D eigenvalue weighted by Gasteiger charge is 2.33. The number of nitro groups is 1. The molecule has 0 radical (unpaired) electrons. The van der Waals surface area contributed by atoms with Gasteiger partial charge in [-0.15, -0.1) is 0 Å². The summed E-state index contributed by atoms with van der Waals surface area (Å²) in [6.07, 6.45) is 1.55. The summed E-state index contributed by atoms with van der Waals surface area (Å²) in [6.45, 7) is 5.12. The van der Waals surface area contributed by atoms with Crippen molar-refractivity contribution < 1.29 is 14.5 Å². The van der Waals surface area contributed by atoms with Gasteiger partial charge in [-0.2, -0.15) is 0 Å². The maximum absolute atomic E-state index is 13.2. The van der Waals surface area contributed by atoms with Crippen LogP contribution in [0.15, 0.2) is 48.5 Å². The fourth-order valence-electron chi connectivity index (χ4n) is 4.60. The maximum Gasteiger partial charge on any atom is 0.321 e. The van der Waals surface area contributed by atoms with E-state index in [0.717, 1.165) is 24.1 Å². The van der Waals surface area contributed by atoms with E-state index < -0.39 is 0 Å². The third kappa shape index (κ3) is 5.24. The van der Waals surface area contributed by atoms with Gasteiger partial charge in [0.2, 0.25) is 5.91 Å². The molecule has 4 rings (SSSR count). The summed E-state index contributed by atoms with van der Waals surface area (Å²) < 4.78 is 0. The molecule has 174 valence electrons. The maximum atomic E-state index is 13.2. The summed E-state index contributed by atoms with van der Waals surface area (Å²) in [5, 5.41) is 14.3. The second-order valence-electron chi connectivity index (χ2n) is 8.64. The summed E-state index contributed by atoms with van der Waals surface area (Å²) in [5.41, 5.74) is 2.49. The van der Waals surface area contributed by atoms with Crippen molar-refractivity contribution in [3.8, 4) is 0 Å². The van der Waals surface area contributed by atoms with E-state index in [1.165, 1.54) is 6.07 Å². The summed E-state index contributed by atoms with van der Waals surface area (Å²) in [5.74, 6) is -0.162.